The molecular formula is C11H12ClN3S2. The van der Waals surface area contributed by atoms with Crippen LogP contribution in [0.2, 0.25) is 5.02 Å². The van der Waals surface area contributed by atoms with Gasteiger partial charge in [-0.15, -0.1) is 0 Å². The monoisotopic (exact) mass is 285 g/mol. The van der Waals surface area contributed by atoms with E-state index in [-0.39, 0.29) is 0 Å². The zero-order chi connectivity index (χ0) is 12.3. The van der Waals surface area contributed by atoms with Gasteiger partial charge in [-0.3, -0.25) is 0 Å². The van der Waals surface area contributed by atoms with Gasteiger partial charge in [0, 0.05) is 16.5 Å². The second-order valence-corrected chi connectivity index (χ2v) is 5.90. The van der Waals surface area contributed by atoms with Crippen LogP contribution in [0.1, 0.15) is 11.4 Å². The van der Waals surface area contributed by atoms with E-state index in [1.807, 2.05) is 26.1 Å². The molecule has 0 saturated heterocycles. The molecule has 1 aromatic carbocycles. The van der Waals surface area contributed by atoms with Gasteiger partial charge in [-0.2, -0.15) is 4.37 Å². The van der Waals surface area contributed by atoms with Gasteiger partial charge in [-0.25, -0.2) is 4.98 Å². The first-order valence-electron chi connectivity index (χ1n) is 5.11. The van der Waals surface area contributed by atoms with E-state index in [0.717, 1.165) is 32.2 Å². The molecule has 0 atom stereocenters. The summed E-state index contributed by atoms with van der Waals surface area (Å²) in [6, 6.07) is 5.92. The van der Waals surface area contributed by atoms with Gasteiger partial charge < -0.3 is 5.32 Å². The minimum Gasteiger partial charge on any atom is -0.316 e. The molecule has 2 aromatic rings. The van der Waals surface area contributed by atoms with E-state index in [2.05, 4.69) is 20.7 Å². The molecule has 0 fully saturated rings. The molecule has 0 spiro atoms. The van der Waals surface area contributed by atoms with Crippen molar-refractivity contribution in [2.24, 2.45) is 0 Å². The summed E-state index contributed by atoms with van der Waals surface area (Å²) in [6.07, 6.45) is 0. The van der Waals surface area contributed by atoms with Gasteiger partial charge in [-0.05, 0) is 43.2 Å². The zero-order valence-corrected chi connectivity index (χ0v) is 11.9. The fourth-order valence-corrected chi connectivity index (χ4v) is 3.47. The third kappa shape index (κ3) is 3.19. The Morgan fingerprint density at radius 3 is 2.94 bits per heavy atom. The van der Waals surface area contributed by atoms with E-state index >= 15 is 0 Å². The Bertz CT molecular complexity index is 513. The maximum atomic E-state index is 6.19. The number of rotatable bonds is 4. The first-order chi connectivity index (χ1) is 8.20. The van der Waals surface area contributed by atoms with Gasteiger partial charge in [0.15, 0.2) is 4.34 Å². The van der Waals surface area contributed by atoms with Crippen molar-refractivity contribution in [3.05, 3.63) is 34.6 Å². The molecule has 17 heavy (non-hydrogen) atoms. The normalized spacial score (nSPS) is 10.8. The largest absolute Gasteiger partial charge is 0.316 e. The van der Waals surface area contributed by atoms with Crippen LogP contribution >= 0.6 is 34.9 Å². The van der Waals surface area contributed by atoms with E-state index in [9.17, 15) is 0 Å². The van der Waals surface area contributed by atoms with Crippen molar-refractivity contribution in [1.29, 1.82) is 0 Å². The average molecular weight is 286 g/mol. The molecule has 0 saturated carbocycles. The van der Waals surface area contributed by atoms with Crippen LogP contribution in [-0.2, 0) is 6.54 Å². The van der Waals surface area contributed by atoms with Crippen LogP contribution in [0.15, 0.2) is 27.4 Å². The number of hydrogen-bond acceptors (Lipinski definition) is 5. The summed E-state index contributed by atoms with van der Waals surface area (Å²) in [7, 11) is 1.91. The SMILES string of the molecule is CNCc1c(Cl)cccc1Sc1nc(C)ns1. The number of halogens is 1. The number of nitrogens with zero attached hydrogens (tertiary/aromatic N) is 2. The maximum Gasteiger partial charge on any atom is 0.174 e. The molecule has 0 aliphatic rings. The smallest absolute Gasteiger partial charge is 0.174 e. The van der Waals surface area contributed by atoms with Crippen molar-refractivity contribution in [3.8, 4) is 0 Å². The lowest BCUT2D eigenvalue weighted by atomic mass is 10.2. The molecule has 0 amide bonds. The standard InChI is InChI=1S/C11H12ClN3S2/c1-7-14-11(17-15-7)16-10-5-3-4-9(12)8(10)6-13-2/h3-5,13H,6H2,1-2H3. The van der Waals surface area contributed by atoms with E-state index in [1.54, 1.807) is 11.8 Å². The first-order valence-corrected chi connectivity index (χ1v) is 7.07. The molecule has 1 aromatic heterocycles. The highest BCUT2D eigenvalue weighted by atomic mass is 35.5. The second-order valence-electron chi connectivity index (χ2n) is 3.46. The van der Waals surface area contributed by atoms with Crippen molar-refractivity contribution in [3.63, 3.8) is 0 Å². The Morgan fingerprint density at radius 2 is 2.29 bits per heavy atom. The van der Waals surface area contributed by atoms with Crippen LogP contribution in [0.3, 0.4) is 0 Å². The Hall–Kier alpha value is -0.620. The van der Waals surface area contributed by atoms with Crippen LogP contribution in [0.5, 0.6) is 0 Å². The summed E-state index contributed by atoms with van der Waals surface area (Å²) in [6.45, 7) is 2.65. The Balaban J connectivity index is 2.28. The highest BCUT2D eigenvalue weighted by molar-refractivity contribution is 8.01. The molecule has 1 heterocycles. The number of hydrogen-bond donors (Lipinski definition) is 1. The van der Waals surface area contributed by atoms with E-state index in [4.69, 9.17) is 11.6 Å². The molecule has 6 heteroatoms. The van der Waals surface area contributed by atoms with Crippen molar-refractivity contribution in [2.75, 3.05) is 7.05 Å². The Kier molecular flexibility index (Phi) is 4.39. The van der Waals surface area contributed by atoms with Gasteiger partial charge >= 0.3 is 0 Å². The number of benzene rings is 1. The van der Waals surface area contributed by atoms with Gasteiger partial charge in [0.1, 0.15) is 5.82 Å². The predicted molar refractivity (Wildman–Crippen MR) is 73.0 cm³/mol. The lowest BCUT2D eigenvalue weighted by Gasteiger charge is -2.08. The van der Waals surface area contributed by atoms with Crippen molar-refractivity contribution in [1.82, 2.24) is 14.7 Å². The van der Waals surface area contributed by atoms with Gasteiger partial charge in [0.05, 0.1) is 0 Å². The third-order valence-corrected chi connectivity index (χ3v) is 4.43. The van der Waals surface area contributed by atoms with Crippen molar-refractivity contribution in [2.45, 2.75) is 22.7 Å². The fraction of sp³-hybridized carbons (Fsp3) is 0.273. The van der Waals surface area contributed by atoms with Crippen LogP contribution in [0.25, 0.3) is 0 Å². The fourth-order valence-electron chi connectivity index (χ4n) is 1.40. The van der Waals surface area contributed by atoms with E-state index in [1.165, 1.54) is 11.5 Å². The molecule has 0 aliphatic carbocycles. The van der Waals surface area contributed by atoms with Crippen LogP contribution < -0.4 is 5.32 Å². The molecule has 90 valence electrons. The highest BCUT2D eigenvalue weighted by Crippen LogP contribution is 2.34. The van der Waals surface area contributed by atoms with Crippen LogP contribution in [0, 0.1) is 6.92 Å². The summed E-state index contributed by atoms with van der Waals surface area (Å²) < 4.78 is 5.12. The Labute approximate surface area is 114 Å². The quantitative estimate of drug-likeness (QED) is 0.935. The minimum absolute atomic E-state index is 0.750. The lowest BCUT2D eigenvalue weighted by molar-refractivity contribution is 0.803. The summed E-state index contributed by atoms with van der Waals surface area (Å²) in [4.78, 5) is 5.47. The molecule has 1 N–H and O–H groups in total. The topological polar surface area (TPSA) is 37.8 Å². The van der Waals surface area contributed by atoms with Crippen LogP contribution in [0.4, 0.5) is 0 Å². The number of aromatic nitrogens is 2. The highest BCUT2D eigenvalue weighted by Gasteiger charge is 2.10. The van der Waals surface area contributed by atoms with Crippen molar-refractivity contribution >= 4 is 34.9 Å². The minimum atomic E-state index is 0.750. The third-order valence-electron chi connectivity index (χ3n) is 2.14. The van der Waals surface area contributed by atoms with Gasteiger partial charge in [-0.1, -0.05) is 29.4 Å². The average Bonchev–Trinajstić information content (AvgIpc) is 2.69. The first kappa shape index (κ1) is 12.8. The summed E-state index contributed by atoms with van der Waals surface area (Å²) in [5, 5.41) is 3.91. The number of nitrogens with one attached hydrogen (secondary N) is 1. The van der Waals surface area contributed by atoms with Crippen LogP contribution in [-0.4, -0.2) is 16.4 Å². The van der Waals surface area contributed by atoms with Gasteiger partial charge in [0.25, 0.3) is 0 Å². The lowest BCUT2D eigenvalue weighted by Crippen LogP contribution is -2.06. The zero-order valence-electron chi connectivity index (χ0n) is 9.53. The molecule has 0 aliphatic heterocycles. The maximum absolute atomic E-state index is 6.19. The summed E-state index contributed by atoms with van der Waals surface area (Å²) in [5.41, 5.74) is 1.11. The molecule has 0 bridgehead atoms. The molecule has 3 nitrogen and oxygen atoms in total. The second kappa shape index (κ2) is 5.82. The Morgan fingerprint density at radius 1 is 1.47 bits per heavy atom. The van der Waals surface area contributed by atoms with Gasteiger partial charge in [0.2, 0.25) is 0 Å². The van der Waals surface area contributed by atoms with E-state index < -0.39 is 0 Å². The predicted octanol–water partition coefficient (Wildman–Crippen LogP) is 3.37. The number of aryl methyl sites for hydroxylation is 1. The molecule has 2 rings (SSSR count). The van der Waals surface area contributed by atoms with Crippen molar-refractivity contribution < 1.29 is 0 Å². The molecule has 0 radical (unpaired) electrons. The summed E-state index contributed by atoms with van der Waals surface area (Å²) >= 11 is 9.22. The summed E-state index contributed by atoms with van der Waals surface area (Å²) in [5.74, 6) is 0.815. The molecule has 0 unspecified atom stereocenters. The van der Waals surface area contributed by atoms with E-state index in [0.29, 0.717) is 0 Å². The molecular weight excluding hydrogens is 274 g/mol.